The van der Waals surface area contributed by atoms with Gasteiger partial charge in [-0.1, -0.05) is 13.0 Å². The van der Waals surface area contributed by atoms with Gasteiger partial charge >= 0.3 is 0 Å². The average molecular weight is 221 g/mol. The minimum Gasteiger partial charge on any atom is -0.486 e. The van der Waals surface area contributed by atoms with E-state index in [1.807, 2.05) is 6.07 Å². The van der Waals surface area contributed by atoms with Crippen LogP contribution in [0.1, 0.15) is 24.5 Å². The zero-order chi connectivity index (χ0) is 11.4. The molecule has 1 aromatic carbocycles. The molecule has 3 nitrogen and oxygen atoms in total. The summed E-state index contributed by atoms with van der Waals surface area (Å²) in [5.41, 5.74) is 2.48. The lowest BCUT2D eigenvalue weighted by atomic mass is 10.1. The molecule has 0 saturated heterocycles. The van der Waals surface area contributed by atoms with Crippen LogP contribution in [0.3, 0.4) is 0 Å². The molecule has 1 aliphatic heterocycles. The van der Waals surface area contributed by atoms with Gasteiger partial charge in [-0.15, -0.1) is 0 Å². The van der Waals surface area contributed by atoms with Crippen molar-refractivity contribution >= 4 is 0 Å². The van der Waals surface area contributed by atoms with Crippen molar-refractivity contribution in [3.63, 3.8) is 0 Å². The highest BCUT2D eigenvalue weighted by Crippen LogP contribution is 2.35. The Morgan fingerprint density at radius 2 is 2.06 bits per heavy atom. The third-order valence-electron chi connectivity index (χ3n) is 2.81. The van der Waals surface area contributed by atoms with Crippen molar-refractivity contribution in [3.8, 4) is 11.5 Å². The summed E-state index contributed by atoms with van der Waals surface area (Å²) in [5.74, 6) is 1.80. The molecule has 1 aromatic rings. The van der Waals surface area contributed by atoms with Gasteiger partial charge in [0.1, 0.15) is 13.2 Å². The molecule has 0 atom stereocenters. The summed E-state index contributed by atoms with van der Waals surface area (Å²) >= 11 is 0. The molecule has 3 heteroatoms. The summed E-state index contributed by atoms with van der Waals surface area (Å²) in [6, 6.07) is 4.12. The van der Waals surface area contributed by atoms with Crippen LogP contribution in [-0.2, 0) is 6.54 Å². The fourth-order valence-corrected chi connectivity index (χ4v) is 1.89. The summed E-state index contributed by atoms with van der Waals surface area (Å²) < 4.78 is 11.2. The van der Waals surface area contributed by atoms with Crippen LogP contribution in [0.2, 0.25) is 0 Å². The minimum atomic E-state index is 0.652. The molecular weight excluding hydrogens is 202 g/mol. The largest absolute Gasteiger partial charge is 0.486 e. The minimum absolute atomic E-state index is 0.652. The lowest BCUT2D eigenvalue weighted by molar-refractivity contribution is 0.170. The van der Waals surface area contributed by atoms with Gasteiger partial charge in [0, 0.05) is 6.54 Å². The first kappa shape index (κ1) is 11.3. The molecule has 88 valence electrons. The van der Waals surface area contributed by atoms with Gasteiger partial charge < -0.3 is 14.8 Å². The van der Waals surface area contributed by atoms with E-state index >= 15 is 0 Å². The van der Waals surface area contributed by atoms with E-state index in [0.29, 0.717) is 13.2 Å². The molecule has 1 N–H and O–H groups in total. The topological polar surface area (TPSA) is 30.5 Å². The van der Waals surface area contributed by atoms with Crippen LogP contribution in [0.5, 0.6) is 11.5 Å². The maximum absolute atomic E-state index is 5.65. The van der Waals surface area contributed by atoms with Gasteiger partial charge in [-0.2, -0.15) is 0 Å². The fourth-order valence-electron chi connectivity index (χ4n) is 1.89. The van der Waals surface area contributed by atoms with Crippen molar-refractivity contribution in [3.05, 3.63) is 23.3 Å². The van der Waals surface area contributed by atoms with Crippen LogP contribution in [-0.4, -0.2) is 19.8 Å². The van der Waals surface area contributed by atoms with Gasteiger partial charge in [-0.25, -0.2) is 0 Å². The van der Waals surface area contributed by atoms with E-state index in [1.165, 1.54) is 11.1 Å². The average Bonchev–Trinajstić information content (AvgIpc) is 2.33. The van der Waals surface area contributed by atoms with Gasteiger partial charge in [0.2, 0.25) is 0 Å². The van der Waals surface area contributed by atoms with Crippen LogP contribution in [0.25, 0.3) is 0 Å². The molecule has 0 saturated carbocycles. The summed E-state index contributed by atoms with van der Waals surface area (Å²) in [6.45, 7) is 7.52. The van der Waals surface area contributed by atoms with Crippen molar-refractivity contribution in [2.45, 2.75) is 26.8 Å². The molecule has 0 radical (unpaired) electrons. The predicted octanol–water partition coefficient (Wildman–Crippen LogP) is 2.27. The summed E-state index contributed by atoms with van der Waals surface area (Å²) in [7, 11) is 0. The first-order chi connectivity index (χ1) is 7.83. The molecule has 0 fully saturated rings. The number of fused-ring (bicyclic) bond motifs is 1. The smallest absolute Gasteiger partial charge is 0.164 e. The molecule has 0 amide bonds. The third-order valence-corrected chi connectivity index (χ3v) is 2.81. The zero-order valence-electron chi connectivity index (χ0n) is 10.0. The molecule has 0 bridgehead atoms. The summed E-state index contributed by atoms with van der Waals surface area (Å²) in [6.07, 6.45) is 1.16. The Kier molecular flexibility index (Phi) is 3.67. The monoisotopic (exact) mass is 221 g/mol. The van der Waals surface area contributed by atoms with E-state index in [9.17, 15) is 0 Å². The number of ether oxygens (including phenoxy) is 2. The second kappa shape index (κ2) is 5.21. The first-order valence-electron chi connectivity index (χ1n) is 5.91. The number of benzene rings is 1. The molecule has 1 aliphatic rings. The number of nitrogens with one attached hydrogen (secondary N) is 1. The quantitative estimate of drug-likeness (QED) is 0.791. The van der Waals surface area contributed by atoms with Crippen LogP contribution in [0, 0.1) is 6.92 Å². The predicted molar refractivity (Wildman–Crippen MR) is 64.2 cm³/mol. The highest BCUT2D eigenvalue weighted by Gasteiger charge is 2.15. The Balaban J connectivity index is 2.14. The van der Waals surface area contributed by atoms with E-state index in [0.717, 1.165) is 31.0 Å². The maximum Gasteiger partial charge on any atom is 0.164 e. The first-order valence-corrected chi connectivity index (χ1v) is 5.91. The normalized spacial score (nSPS) is 13.9. The number of rotatable bonds is 4. The van der Waals surface area contributed by atoms with E-state index in [-0.39, 0.29) is 0 Å². The maximum atomic E-state index is 5.65. The molecule has 0 aliphatic carbocycles. The Bertz CT molecular complexity index is 363. The van der Waals surface area contributed by atoms with Crippen LogP contribution in [0.15, 0.2) is 12.1 Å². The van der Waals surface area contributed by atoms with Crippen molar-refractivity contribution in [1.29, 1.82) is 0 Å². The molecule has 0 spiro atoms. The third kappa shape index (κ3) is 2.30. The summed E-state index contributed by atoms with van der Waals surface area (Å²) in [5, 5.41) is 3.40. The lowest BCUT2D eigenvalue weighted by Crippen LogP contribution is -2.18. The van der Waals surface area contributed by atoms with Crippen LogP contribution >= 0.6 is 0 Å². The molecule has 2 rings (SSSR count). The fraction of sp³-hybridized carbons (Fsp3) is 0.538. The van der Waals surface area contributed by atoms with E-state index in [1.54, 1.807) is 0 Å². The Morgan fingerprint density at radius 3 is 2.88 bits per heavy atom. The SMILES string of the molecule is CCCNCc1ccc2c(c1C)OCCO2. The zero-order valence-corrected chi connectivity index (χ0v) is 10.0. The van der Waals surface area contributed by atoms with E-state index < -0.39 is 0 Å². The van der Waals surface area contributed by atoms with Gasteiger partial charge in [0.25, 0.3) is 0 Å². The van der Waals surface area contributed by atoms with Crippen molar-refractivity contribution in [1.82, 2.24) is 5.32 Å². The van der Waals surface area contributed by atoms with Gasteiger partial charge in [0.05, 0.1) is 0 Å². The van der Waals surface area contributed by atoms with Crippen molar-refractivity contribution in [2.24, 2.45) is 0 Å². The summed E-state index contributed by atoms with van der Waals surface area (Å²) in [4.78, 5) is 0. The Hall–Kier alpha value is -1.22. The van der Waals surface area contributed by atoms with Crippen LogP contribution < -0.4 is 14.8 Å². The Labute approximate surface area is 96.8 Å². The molecule has 1 heterocycles. The molecular formula is C13H19NO2. The van der Waals surface area contributed by atoms with E-state index in [4.69, 9.17) is 9.47 Å². The Morgan fingerprint density at radius 1 is 1.25 bits per heavy atom. The molecule has 0 aromatic heterocycles. The highest BCUT2D eigenvalue weighted by molar-refractivity contribution is 5.50. The molecule has 16 heavy (non-hydrogen) atoms. The van der Waals surface area contributed by atoms with Gasteiger partial charge in [0.15, 0.2) is 11.5 Å². The lowest BCUT2D eigenvalue weighted by Gasteiger charge is -2.21. The standard InChI is InChI=1S/C13H19NO2/c1-3-6-14-9-11-4-5-12-13(10(11)2)16-8-7-15-12/h4-5,14H,3,6-9H2,1-2H3. The van der Waals surface area contributed by atoms with Gasteiger partial charge in [-0.05, 0) is 37.1 Å². The number of hydrogen-bond acceptors (Lipinski definition) is 3. The highest BCUT2D eigenvalue weighted by atomic mass is 16.6. The van der Waals surface area contributed by atoms with Crippen molar-refractivity contribution < 1.29 is 9.47 Å². The second-order valence-electron chi connectivity index (χ2n) is 4.05. The molecule has 0 unspecified atom stereocenters. The number of hydrogen-bond donors (Lipinski definition) is 1. The van der Waals surface area contributed by atoms with Crippen LogP contribution in [0.4, 0.5) is 0 Å². The van der Waals surface area contributed by atoms with Gasteiger partial charge in [-0.3, -0.25) is 0 Å². The van der Waals surface area contributed by atoms with Crippen molar-refractivity contribution in [2.75, 3.05) is 19.8 Å². The second-order valence-corrected chi connectivity index (χ2v) is 4.05. The van der Waals surface area contributed by atoms with E-state index in [2.05, 4.69) is 25.2 Å².